The molecule has 1 unspecified atom stereocenters. The van der Waals surface area contributed by atoms with E-state index in [-0.39, 0.29) is 12.0 Å². The third-order valence-electron chi connectivity index (χ3n) is 4.45. The number of rotatable bonds is 5. The SMILES string of the molecule is COc1ccc(NC(=O)c2ccc(CN3CCCC(O)C3)cc2)cc1. The van der Waals surface area contributed by atoms with E-state index in [1.165, 1.54) is 0 Å². The fourth-order valence-electron chi connectivity index (χ4n) is 3.07. The molecule has 1 fully saturated rings. The molecule has 0 aromatic heterocycles. The van der Waals surface area contributed by atoms with Crippen molar-refractivity contribution in [3.8, 4) is 5.75 Å². The highest BCUT2D eigenvalue weighted by Crippen LogP contribution is 2.17. The van der Waals surface area contributed by atoms with Crippen LogP contribution >= 0.6 is 0 Å². The fraction of sp³-hybridized carbons (Fsp3) is 0.350. The molecule has 1 aliphatic heterocycles. The molecule has 0 aliphatic carbocycles. The van der Waals surface area contributed by atoms with Gasteiger partial charge in [0.05, 0.1) is 13.2 Å². The summed E-state index contributed by atoms with van der Waals surface area (Å²) in [6.45, 7) is 2.54. The number of likely N-dealkylation sites (tertiary alicyclic amines) is 1. The Balaban J connectivity index is 1.58. The number of aliphatic hydroxyl groups is 1. The van der Waals surface area contributed by atoms with Crippen LogP contribution < -0.4 is 10.1 Å². The molecule has 1 saturated heterocycles. The van der Waals surface area contributed by atoms with Crippen LogP contribution in [0.4, 0.5) is 5.69 Å². The smallest absolute Gasteiger partial charge is 0.255 e. The Bertz CT molecular complexity index is 698. The van der Waals surface area contributed by atoms with Gasteiger partial charge in [-0.15, -0.1) is 0 Å². The number of β-amino-alcohol motifs (C(OH)–C–C–N with tert-alkyl or cyclic N) is 1. The highest BCUT2D eigenvalue weighted by atomic mass is 16.5. The first kappa shape index (κ1) is 17.5. The lowest BCUT2D eigenvalue weighted by atomic mass is 10.1. The number of nitrogens with zero attached hydrogens (tertiary/aromatic N) is 1. The minimum atomic E-state index is -0.219. The number of anilines is 1. The molecule has 5 heteroatoms. The van der Waals surface area contributed by atoms with Crippen molar-refractivity contribution < 1.29 is 14.6 Å². The van der Waals surface area contributed by atoms with E-state index >= 15 is 0 Å². The third kappa shape index (κ3) is 4.81. The van der Waals surface area contributed by atoms with Gasteiger partial charge < -0.3 is 15.2 Å². The molecule has 132 valence electrons. The molecule has 0 saturated carbocycles. The fourth-order valence-corrected chi connectivity index (χ4v) is 3.07. The number of aliphatic hydroxyl groups excluding tert-OH is 1. The van der Waals surface area contributed by atoms with Crippen molar-refractivity contribution >= 4 is 11.6 Å². The monoisotopic (exact) mass is 340 g/mol. The zero-order valence-corrected chi connectivity index (χ0v) is 14.4. The molecule has 0 radical (unpaired) electrons. The van der Waals surface area contributed by atoms with Crippen LogP contribution in [0.2, 0.25) is 0 Å². The molecule has 25 heavy (non-hydrogen) atoms. The van der Waals surface area contributed by atoms with Gasteiger partial charge in [0.25, 0.3) is 5.91 Å². The summed E-state index contributed by atoms with van der Waals surface area (Å²) in [4.78, 5) is 14.6. The predicted molar refractivity (Wildman–Crippen MR) is 97.9 cm³/mol. The molecule has 1 atom stereocenters. The van der Waals surface area contributed by atoms with E-state index in [4.69, 9.17) is 4.74 Å². The van der Waals surface area contributed by atoms with Crippen LogP contribution in [0, 0.1) is 0 Å². The zero-order valence-electron chi connectivity index (χ0n) is 14.4. The topological polar surface area (TPSA) is 61.8 Å². The summed E-state index contributed by atoms with van der Waals surface area (Å²) in [5.74, 6) is 0.621. The lowest BCUT2D eigenvalue weighted by Gasteiger charge is -2.29. The van der Waals surface area contributed by atoms with E-state index in [0.717, 1.165) is 49.5 Å². The van der Waals surface area contributed by atoms with E-state index in [1.54, 1.807) is 7.11 Å². The second-order valence-electron chi connectivity index (χ2n) is 6.41. The Morgan fingerprint density at radius 3 is 2.56 bits per heavy atom. The molecular formula is C20H24N2O3. The van der Waals surface area contributed by atoms with Crippen LogP contribution in [-0.4, -0.2) is 42.2 Å². The van der Waals surface area contributed by atoms with Gasteiger partial charge in [-0.2, -0.15) is 0 Å². The summed E-state index contributed by atoms with van der Waals surface area (Å²) >= 11 is 0. The lowest BCUT2D eigenvalue weighted by Crippen LogP contribution is -2.37. The number of ether oxygens (including phenoxy) is 1. The molecule has 2 N–H and O–H groups in total. The number of nitrogens with one attached hydrogen (secondary N) is 1. The number of benzene rings is 2. The molecule has 5 nitrogen and oxygen atoms in total. The standard InChI is InChI=1S/C20H24N2O3/c1-25-19-10-8-17(9-11-19)21-20(24)16-6-4-15(5-7-16)13-22-12-2-3-18(23)14-22/h4-11,18,23H,2-3,12-14H2,1H3,(H,21,24). The number of carbonyl (C=O) groups excluding carboxylic acids is 1. The summed E-state index contributed by atoms with van der Waals surface area (Å²) in [6.07, 6.45) is 1.70. The quantitative estimate of drug-likeness (QED) is 0.879. The van der Waals surface area contributed by atoms with Gasteiger partial charge in [0.2, 0.25) is 0 Å². The van der Waals surface area contributed by atoms with Gasteiger partial charge in [0.15, 0.2) is 0 Å². The maximum Gasteiger partial charge on any atom is 0.255 e. The maximum atomic E-state index is 12.3. The first-order chi connectivity index (χ1) is 12.1. The van der Waals surface area contributed by atoms with Crippen molar-refractivity contribution in [1.29, 1.82) is 0 Å². The van der Waals surface area contributed by atoms with Crippen LogP contribution in [-0.2, 0) is 6.54 Å². The third-order valence-corrected chi connectivity index (χ3v) is 4.45. The van der Waals surface area contributed by atoms with Crippen molar-refractivity contribution in [2.75, 3.05) is 25.5 Å². The molecule has 1 aliphatic rings. The van der Waals surface area contributed by atoms with Gasteiger partial charge in [-0.25, -0.2) is 0 Å². The average molecular weight is 340 g/mol. The van der Waals surface area contributed by atoms with E-state index in [9.17, 15) is 9.90 Å². The molecule has 0 bridgehead atoms. The highest BCUT2D eigenvalue weighted by molar-refractivity contribution is 6.04. The second kappa shape index (κ2) is 8.14. The summed E-state index contributed by atoms with van der Waals surface area (Å²) in [5, 5.41) is 12.6. The van der Waals surface area contributed by atoms with Crippen molar-refractivity contribution in [1.82, 2.24) is 4.90 Å². The number of piperidine rings is 1. The molecule has 0 spiro atoms. The molecule has 1 heterocycles. The number of carbonyl (C=O) groups is 1. The first-order valence-corrected chi connectivity index (χ1v) is 8.59. The van der Waals surface area contributed by atoms with Gasteiger partial charge in [-0.05, 0) is 61.3 Å². The van der Waals surface area contributed by atoms with Crippen molar-refractivity contribution in [2.24, 2.45) is 0 Å². The summed E-state index contributed by atoms with van der Waals surface area (Å²) < 4.78 is 5.11. The molecule has 2 aromatic rings. The van der Waals surface area contributed by atoms with Crippen LogP contribution in [0.5, 0.6) is 5.75 Å². The maximum absolute atomic E-state index is 12.3. The van der Waals surface area contributed by atoms with Gasteiger partial charge in [-0.3, -0.25) is 9.69 Å². The zero-order chi connectivity index (χ0) is 17.6. The minimum Gasteiger partial charge on any atom is -0.497 e. The van der Waals surface area contributed by atoms with E-state index in [2.05, 4.69) is 10.2 Å². The van der Waals surface area contributed by atoms with Gasteiger partial charge in [0.1, 0.15) is 5.75 Å². The Labute approximate surface area is 148 Å². The van der Waals surface area contributed by atoms with Crippen LogP contribution in [0.1, 0.15) is 28.8 Å². The molecule has 3 rings (SSSR count). The predicted octanol–water partition coefficient (Wildman–Crippen LogP) is 2.90. The Morgan fingerprint density at radius 1 is 1.20 bits per heavy atom. The van der Waals surface area contributed by atoms with Gasteiger partial charge in [-0.1, -0.05) is 12.1 Å². The molecule has 1 amide bonds. The Kier molecular flexibility index (Phi) is 5.68. The molecular weight excluding hydrogens is 316 g/mol. The van der Waals surface area contributed by atoms with Crippen LogP contribution in [0.15, 0.2) is 48.5 Å². The summed E-state index contributed by atoms with van der Waals surface area (Å²) in [7, 11) is 1.61. The highest BCUT2D eigenvalue weighted by Gasteiger charge is 2.17. The first-order valence-electron chi connectivity index (χ1n) is 8.59. The number of hydrogen-bond acceptors (Lipinski definition) is 4. The number of amides is 1. The lowest BCUT2D eigenvalue weighted by molar-refractivity contribution is 0.0668. The van der Waals surface area contributed by atoms with Gasteiger partial charge in [0, 0.05) is 24.3 Å². The van der Waals surface area contributed by atoms with E-state index in [0.29, 0.717) is 5.56 Å². The average Bonchev–Trinajstić information content (AvgIpc) is 2.63. The largest absolute Gasteiger partial charge is 0.497 e. The van der Waals surface area contributed by atoms with Crippen molar-refractivity contribution in [2.45, 2.75) is 25.5 Å². The Hall–Kier alpha value is -2.37. The summed E-state index contributed by atoms with van der Waals surface area (Å²) in [6, 6.07) is 14.9. The van der Waals surface area contributed by atoms with Gasteiger partial charge >= 0.3 is 0 Å². The van der Waals surface area contributed by atoms with E-state index in [1.807, 2.05) is 48.5 Å². The van der Waals surface area contributed by atoms with Crippen molar-refractivity contribution in [3.63, 3.8) is 0 Å². The molecule has 2 aromatic carbocycles. The normalized spacial score (nSPS) is 17.9. The minimum absolute atomic E-state index is 0.134. The Morgan fingerprint density at radius 2 is 1.92 bits per heavy atom. The van der Waals surface area contributed by atoms with E-state index < -0.39 is 0 Å². The van der Waals surface area contributed by atoms with Crippen LogP contribution in [0.25, 0.3) is 0 Å². The van der Waals surface area contributed by atoms with Crippen LogP contribution in [0.3, 0.4) is 0 Å². The van der Waals surface area contributed by atoms with Crippen molar-refractivity contribution in [3.05, 3.63) is 59.7 Å². The number of hydrogen-bond donors (Lipinski definition) is 2. The number of methoxy groups -OCH3 is 1. The second-order valence-corrected chi connectivity index (χ2v) is 6.41. The summed E-state index contributed by atoms with van der Waals surface area (Å²) in [5.41, 5.74) is 2.51.